The minimum absolute atomic E-state index is 0.103. The number of primary amides is 1. The van der Waals surface area contributed by atoms with Crippen molar-refractivity contribution in [2.75, 3.05) is 23.3 Å². The lowest BCUT2D eigenvalue weighted by Crippen LogP contribution is -2.43. The summed E-state index contributed by atoms with van der Waals surface area (Å²) < 4.78 is 0. The number of pyridine rings is 1. The standard InChI is InChI=1S/C19H21N7O/c20-13-4-2-8-26(11-13)16-10-23-17(18(21)27)19(25-16)24-14-5-6-15-12(9-14)3-1-7-22-15/h1,3,5-7,9-10,13H,2,4,8,11,20H2,(H2,21,27)(H,24,25)/t13-/m1/s1. The monoisotopic (exact) mass is 363 g/mol. The lowest BCUT2D eigenvalue weighted by Gasteiger charge is -2.31. The van der Waals surface area contributed by atoms with E-state index in [4.69, 9.17) is 11.5 Å². The molecule has 0 spiro atoms. The maximum Gasteiger partial charge on any atom is 0.271 e. The van der Waals surface area contributed by atoms with Gasteiger partial charge < -0.3 is 21.7 Å². The molecule has 8 heteroatoms. The van der Waals surface area contributed by atoms with Crippen LogP contribution in [-0.4, -0.2) is 40.0 Å². The van der Waals surface area contributed by atoms with Gasteiger partial charge in [0.2, 0.25) is 0 Å². The van der Waals surface area contributed by atoms with E-state index in [0.29, 0.717) is 18.2 Å². The normalized spacial score (nSPS) is 17.1. The first-order valence-corrected chi connectivity index (χ1v) is 8.89. The number of hydrogen-bond donors (Lipinski definition) is 3. The van der Waals surface area contributed by atoms with Gasteiger partial charge in [0.15, 0.2) is 11.5 Å². The third-order valence-electron chi connectivity index (χ3n) is 4.64. The highest BCUT2D eigenvalue weighted by atomic mass is 16.1. The topological polar surface area (TPSA) is 123 Å². The number of anilines is 3. The van der Waals surface area contributed by atoms with Crippen molar-refractivity contribution in [1.82, 2.24) is 15.0 Å². The number of carbonyl (C=O) groups excluding carboxylic acids is 1. The van der Waals surface area contributed by atoms with Gasteiger partial charge in [-0.15, -0.1) is 0 Å². The predicted molar refractivity (Wildman–Crippen MR) is 105 cm³/mol. The molecule has 3 aromatic rings. The SMILES string of the molecule is NC(=O)c1ncc(N2CCC[C@@H](N)C2)nc1Nc1ccc2ncccc2c1. The van der Waals surface area contributed by atoms with Crippen LogP contribution in [0.25, 0.3) is 10.9 Å². The fourth-order valence-electron chi connectivity index (χ4n) is 3.31. The van der Waals surface area contributed by atoms with Crippen molar-refractivity contribution < 1.29 is 4.79 Å². The Labute approximate surface area is 156 Å². The number of rotatable bonds is 4. The van der Waals surface area contributed by atoms with Crippen LogP contribution in [0.2, 0.25) is 0 Å². The van der Waals surface area contributed by atoms with Crippen molar-refractivity contribution >= 4 is 34.1 Å². The van der Waals surface area contributed by atoms with Gasteiger partial charge in [-0.3, -0.25) is 9.78 Å². The van der Waals surface area contributed by atoms with E-state index in [1.165, 1.54) is 0 Å². The summed E-state index contributed by atoms with van der Waals surface area (Å²) in [5, 5.41) is 4.16. The molecule has 5 N–H and O–H groups in total. The molecule has 0 radical (unpaired) electrons. The summed E-state index contributed by atoms with van der Waals surface area (Å²) in [6.07, 6.45) is 5.33. The number of piperidine rings is 1. The third kappa shape index (κ3) is 3.65. The number of nitrogens with two attached hydrogens (primary N) is 2. The van der Waals surface area contributed by atoms with Crippen molar-refractivity contribution in [2.45, 2.75) is 18.9 Å². The summed E-state index contributed by atoms with van der Waals surface area (Å²) in [5.74, 6) is 0.386. The highest BCUT2D eigenvalue weighted by Gasteiger charge is 2.21. The number of nitrogens with zero attached hydrogens (tertiary/aromatic N) is 4. The van der Waals surface area contributed by atoms with Crippen molar-refractivity contribution in [3.63, 3.8) is 0 Å². The van der Waals surface area contributed by atoms with Crippen molar-refractivity contribution in [3.8, 4) is 0 Å². The van der Waals surface area contributed by atoms with Crippen molar-refractivity contribution in [3.05, 3.63) is 48.4 Å². The number of carbonyl (C=O) groups is 1. The Hall–Kier alpha value is -3.26. The largest absolute Gasteiger partial charge is 0.364 e. The maximum atomic E-state index is 11.8. The molecule has 1 amide bonds. The molecule has 3 heterocycles. The van der Waals surface area contributed by atoms with Gasteiger partial charge in [-0.25, -0.2) is 9.97 Å². The number of hydrogen-bond acceptors (Lipinski definition) is 7. The minimum Gasteiger partial charge on any atom is -0.364 e. The molecule has 1 atom stereocenters. The molecule has 0 bridgehead atoms. The molecule has 0 aliphatic carbocycles. The van der Waals surface area contributed by atoms with Crippen LogP contribution < -0.4 is 21.7 Å². The molecule has 0 saturated carbocycles. The molecule has 4 rings (SSSR count). The third-order valence-corrected chi connectivity index (χ3v) is 4.64. The van der Waals surface area contributed by atoms with Gasteiger partial charge in [-0.2, -0.15) is 0 Å². The fraction of sp³-hybridized carbons (Fsp3) is 0.263. The number of aromatic nitrogens is 3. The summed E-state index contributed by atoms with van der Waals surface area (Å²) in [7, 11) is 0. The Morgan fingerprint density at radius 3 is 2.96 bits per heavy atom. The average molecular weight is 363 g/mol. The highest BCUT2D eigenvalue weighted by Crippen LogP contribution is 2.24. The molecule has 0 unspecified atom stereocenters. The molecule has 138 valence electrons. The predicted octanol–water partition coefficient (Wildman–Crippen LogP) is 1.79. The molecule has 1 aromatic carbocycles. The van der Waals surface area contributed by atoms with Crippen LogP contribution in [0.15, 0.2) is 42.7 Å². The zero-order valence-corrected chi connectivity index (χ0v) is 14.8. The number of nitrogens with one attached hydrogen (secondary N) is 1. The van der Waals surface area contributed by atoms with Crippen molar-refractivity contribution in [1.29, 1.82) is 0 Å². The smallest absolute Gasteiger partial charge is 0.271 e. The summed E-state index contributed by atoms with van der Waals surface area (Å²) in [5.41, 5.74) is 13.3. The van der Waals surface area contributed by atoms with Gasteiger partial charge in [-0.1, -0.05) is 6.07 Å². The second-order valence-electron chi connectivity index (χ2n) is 6.67. The van der Waals surface area contributed by atoms with E-state index < -0.39 is 5.91 Å². The van der Waals surface area contributed by atoms with Crippen LogP contribution in [0, 0.1) is 0 Å². The number of amides is 1. The summed E-state index contributed by atoms with van der Waals surface area (Å²) in [6.45, 7) is 1.57. The Morgan fingerprint density at radius 1 is 1.26 bits per heavy atom. The van der Waals surface area contributed by atoms with Gasteiger partial charge in [0.1, 0.15) is 5.82 Å². The first-order valence-electron chi connectivity index (χ1n) is 8.89. The lowest BCUT2D eigenvalue weighted by atomic mass is 10.1. The van der Waals surface area contributed by atoms with Crippen LogP contribution in [0.5, 0.6) is 0 Å². The zero-order chi connectivity index (χ0) is 18.8. The number of fused-ring (bicyclic) bond motifs is 1. The van der Waals surface area contributed by atoms with Gasteiger partial charge in [0.25, 0.3) is 5.91 Å². The maximum absolute atomic E-state index is 11.8. The zero-order valence-electron chi connectivity index (χ0n) is 14.8. The van der Waals surface area contributed by atoms with E-state index in [2.05, 4.69) is 25.2 Å². The lowest BCUT2D eigenvalue weighted by molar-refractivity contribution is 0.0996. The van der Waals surface area contributed by atoms with E-state index in [1.54, 1.807) is 12.4 Å². The summed E-state index contributed by atoms with van der Waals surface area (Å²) in [4.78, 5) is 27.0. The first-order chi connectivity index (χ1) is 13.1. The minimum atomic E-state index is -0.630. The second-order valence-corrected chi connectivity index (χ2v) is 6.67. The van der Waals surface area contributed by atoms with E-state index in [-0.39, 0.29) is 11.7 Å². The molecule has 1 saturated heterocycles. The Kier molecular flexibility index (Phi) is 4.55. The molecule has 1 fully saturated rings. The van der Waals surface area contributed by atoms with E-state index >= 15 is 0 Å². The van der Waals surface area contributed by atoms with Crippen LogP contribution in [0.3, 0.4) is 0 Å². The van der Waals surface area contributed by atoms with E-state index in [0.717, 1.165) is 36.0 Å². The first kappa shape index (κ1) is 17.2. The van der Waals surface area contributed by atoms with Gasteiger partial charge >= 0.3 is 0 Å². The van der Waals surface area contributed by atoms with Crippen LogP contribution in [0.1, 0.15) is 23.3 Å². The average Bonchev–Trinajstić information content (AvgIpc) is 2.67. The molecule has 1 aliphatic rings. The van der Waals surface area contributed by atoms with E-state index in [9.17, 15) is 4.79 Å². The Morgan fingerprint density at radius 2 is 2.15 bits per heavy atom. The quantitative estimate of drug-likeness (QED) is 0.646. The summed E-state index contributed by atoms with van der Waals surface area (Å²) in [6, 6.07) is 9.69. The Balaban J connectivity index is 1.68. The molecule has 27 heavy (non-hydrogen) atoms. The van der Waals surface area contributed by atoms with Crippen molar-refractivity contribution in [2.24, 2.45) is 11.5 Å². The summed E-state index contributed by atoms with van der Waals surface area (Å²) >= 11 is 0. The second kappa shape index (κ2) is 7.16. The molecular formula is C19H21N7O. The van der Waals surface area contributed by atoms with Crippen LogP contribution in [0.4, 0.5) is 17.3 Å². The molecule has 8 nitrogen and oxygen atoms in total. The van der Waals surface area contributed by atoms with E-state index in [1.807, 2.05) is 30.3 Å². The van der Waals surface area contributed by atoms with Crippen LogP contribution in [-0.2, 0) is 0 Å². The highest BCUT2D eigenvalue weighted by molar-refractivity contribution is 5.96. The number of benzene rings is 1. The van der Waals surface area contributed by atoms with Crippen LogP contribution >= 0.6 is 0 Å². The van der Waals surface area contributed by atoms with Gasteiger partial charge in [0, 0.05) is 36.4 Å². The molecular weight excluding hydrogens is 342 g/mol. The Bertz CT molecular complexity index is 991. The molecule has 1 aliphatic heterocycles. The molecule has 2 aromatic heterocycles. The van der Waals surface area contributed by atoms with Gasteiger partial charge in [0.05, 0.1) is 11.7 Å². The fourth-order valence-corrected chi connectivity index (χ4v) is 3.31. The van der Waals surface area contributed by atoms with Gasteiger partial charge in [-0.05, 0) is 37.1 Å².